The number of hydrogen-bond donors (Lipinski definition) is 1. The van der Waals surface area contributed by atoms with Gasteiger partial charge in [-0.15, -0.1) is 11.3 Å². The minimum absolute atomic E-state index is 0.107. The first-order valence-electron chi connectivity index (χ1n) is 6.65. The third-order valence-electron chi connectivity index (χ3n) is 3.06. The summed E-state index contributed by atoms with van der Waals surface area (Å²) >= 11 is 8.53. The summed E-state index contributed by atoms with van der Waals surface area (Å²) in [7, 11) is 0. The number of fused-ring (bicyclic) bond motifs is 1. The minimum atomic E-state index is -0.564. The van der Waals surface area contributed by atoms with Gasteiger partial charge in [0.2, 0.25) is 5.91 Å². The van der Waals surface area contributed by atoms with Gasteiger partial charge in [-0.25, -0.2) is 14.4 Å². The normalized spacial score (nSPS) is 12.3. The van der Waals surface area contributed by atoms with Crippen molar-refractivity contribution < 1.29 is 9.18 Å². The number of carbonyl (C=O) groups excluding carboxylic acids is 1. The number of thioether (sulfide) groups is 1. The highest BCUT2D eigenvalue weighted by Crippen LogP contribution is 2.31. The molecule has 1 unspecified atom stereocenters. The SMILES string of the molecule is CC(Sc1ncnc2ccsc12)C(=O)Nc1ccc(Cl)cc1F. The predicted octanol–water partition coefficient (Wildman–Crippen LogP) is 4.60. The van der Waals surface area contributed by atoms with Crippen LogP contribution in [0.3, 0.4) is 0 Å². The Hall–Kier alpha value is -1.70. The molecule has 1 amide bonds. The zero-order valence-electron chi connectivity index (χ0n) is 11.9. The van der Waals surface area contributed by atoms with Crippen molar-refractivity contribution in [3.63, 3.8) is 0 Å². The van der Waals surface area contributed by atoms with Gasteiger partial charge in [-0.1, -0.05) is 23.4 Å². The lowest BCUT2D eigenvalue weighted by Gasteiger charge is -2.12. The van der Waals surface area contributed by atoms with E-state index in [1.165, 1.54) is 41.6 Å². The van der Waals surface area contributed by atoms with E-state index in [0.29, 0.717) is 0 Å². The van der Waals surface area contributed by atoms with E-state index in [4.69, 9.17) is 11.6 Å². The molecule has 23 heavy (non-hydrogen) atoms. The summed E-state index contributed by atoms with van der Waals surface area (Å²) < 4.78 is 14.7. The molecule has 3 aromatic rings. The van der Waals surface area contributed by atoms with Gasteiger partial charge in [0, 0.05) is 5.02 Å². The van der Waals surface area contributed by atoms with Crippen LogP contribution in [0.4, 0.5) is 10.1 Å². The van der Waals surface area contributed by atoms with E-state index in [9.17, 15) is 9.18 Å². The van der Waals surface area contributed by atoms with Crippen molar-refractivity contribution in [3.05, 3.63) is 46.8 Å². The van der Waals surface area contributed by atoms with E-state index in [1.807, 2.05) is 11.4 Å². The number of rotatable bonds is 4. The average molecular weight is 368 g/mol. The zero-order valence-corrected chi connectivity index (χ0v) is 14.3. The molecule has 1 atom stereocenters. The van der Waals surface area contributed by atoms with Crippen LogP contribution in [-0.2, 0) is 4.79 Å². The van der Waals surface area contributed by atoms with Crippen LogP contribution in [0.2, 0.25) is 5.02 Å². The molecule has 8 heteroatoms. The summed E-state index contributed by atoms with van der Waals surface area (Å²) in [4.78, 5) is 20.7. The lowest BCUT2D eigenvalue weighted by atomic mass is 10.3. The van der Waals surface area contributed by atoms with Gasteiger partial charge < -0.3 is 5.32 Å². The Labute approximate surface area is 145 Å². The number of hydrogen-bond acceptors (Lipinski definition) is 5. The number of benzene rings is 1. The lowest BCUT2D eigenvalue weighted by molar-refractivity contribution is -0.115. The third kappa shape index (κ3) is 3.63. The Morgan fingerprint density at radius 2 is 2.22 bits per heavy atom. The van der Waals surface area contributed by atoms with Gasteiger partial charge in [0.25, 0.3) is 0 Å². The van der Waals surface area contributed by atoms with Gasteiger partial charge in [-0.05, 0) is 36.6 Å². The van der Waals surface area contributed by atoms with Crippen LogP contribution >= 0.6 is 34.7 Å². The molecule has 0 radical (unpaired) electrons. The van der Waals surface area contributed by atoms with Crippen LogP contribution in [0.1, 0.15) is 6.92 Å². The first-order valence-corrected chi connectivity index (χ1v) is 8.79. The first-order chi connectivity index (χ1) is 11.0. The Morgan fingerprint density at radius 3 is 3.00 bits per heavy atom. The highest BCUT2D eigenvalue weighted by Gasteiger charge is 2.18. The molecule has 4 nitrogen and oxygen atoms in total. The number of aromatic nitrogens is 2. The Bertz CT molecular complexity index is 871. The smallest absolute Gasteiger partial charge is 0.237 e. The monoisotopic (exact) mass is 367 g/mol. The van der Waals surface area contributed by atoms with E-state index in [0.717, 1.165) is 21.3 Å². The molecule has 0 bridgehead atoms. The van der Waals surface area contributed by atoms with Crippen LogP contribution in [0, 0.1) is 5.82 Å². The molecular formula is C15H11ClFN3OS2. The highest BCUT2D eigenvalue weighted by atomic mass is 35.5. The minimum Gasteiger partial charge on any atom is -0.323 e. The standard InChI is InChI=1S/C15H11ClFN3OS2/c1-8(14(21)20-11-3-2-9(16)6-10(11)17)23-15-13-12(4-5-22-13)18-7-19-15/h2-8H,1H3,(H,20,21). The maximum Gasteiger partial charge on any atom is 0.237 e. The van der Waals surface area contributed by atoms with Crippen molar-refractivity contribution in [2.45, 2.75) is 17.2 Å². The van der Waals surface area contributed by atoms with E-state index in [1.54, 1.807) is 6.92 Å². The topological polar surface area (TPSA) is 54.9 Å². The van der Waals surface area contributed by atoms with Gasteiger partial charge in [0.05, 0.1) is 21.2 Å². The number of halogens is 2. The second-order valence-electron chi connectivity index (χ2n) is 4.69. The Morgan fingerprint density at radius 1 is 1.39 bits per heavy atom. The third-order valence-corrected chi connectivity index (χ3v) is 5.43. The van der Waals surface area contributed by atoms with Crippen LogP contribution in [0.5, 0.6) is 0 Å². The Kier molecular flexibility index (Phi) is 4.79. The van der Waals surface area contributed by atoms with Crippen molar-refractivity contribution in [2.24, 2.45) is 0 Å². The van der Waals surface area contributed by atoms with Gasteiger partial charge in [0.1, 0.15) is 17.2 Å². The number of thiophene rings is 1. The van der Waals surface area contributed by atoms with Crippen molar-refractivity contribution in [1.82, 2.24) is 9.97 Å². The largest absolute Gasteiger partial charge is 0.323 e. The van der Waals surface area contributed by atoms with Gasteiger partial charge in [-0.3, -0.25) is 4.79 Å². The summed E-state index contributed by atoms with van der Waals surface area (Å²) in [6.45, 7) is 1.75. The summed E-state index contributed by atoms with van der Waals surface area (Å²) in [5.74, 6) is -0.870. The first kappa shape index (κ1) is 16.2. The molecule has 0 spiro atoms. The van der Waals surface area contributed by atoms with Crippen LogP contribution in [0.15, 0.2) is 41.0 Å². The number of carbonyl (C=O) groups is 1. The molecule has 0 aliphatic rings. The summed E-state index contributed by atoms with van der Waals surface area (Å²) in [5.41, 5.74) is 0.958. The highest BCUT2D eigenvalue weighted by molar-refractivity contribution is 8.00. The molecule has 2 aromatic heterocycles. The molecule has 1 N–H and O–H groups in total. The number of amides is 1. The van der Waals surface area contributed by atoms with Crippen molar-refractivity contribution in [3.8, 4) is 0 Å². The molecule has 0 fully saturated rings. The average Bonchev–Trinajstić information content (AvgIpc) is 2.99. The van der Waals surface area contributed by atoms with E-state index in [-0.39, 0.29) is 16.6 Å². The van der Waals surface area contributed by atoms with Gasteiger partial charge in [-0.2, -0.15) is 0 Å². The quantitative estimate of drug-likeness (QED) is 0.540. The molecule has 0 saturated carbocycles. The Balaban J connectivity index is 1.74. The molecule has 3 rings (SSSR count). The van der Waals surface area contributed by atoms with Gasteiger partial charge >= 0.3 is 0 Å². The summed E-state index contributed by atoms with van der Waals surface area (Å²) in [5, 5.41) is 5.08. The molecule has 0 aliphatic heterocycles. The van der Waals surface area contributed by atoms with E-state index < -0.39 is 11.1 Å². The lowest BCUT2D eigenvalue weighted by Crippen LogP contribution is -2.23. The molecule has 118 valence electrons. The van der Waals surface area contributed by atoms with Crippen molar-refractivity contribution in [2.75, 3.05) is 5.32 Å². The number of anilines is 1. The second kappa shape index (κ2) is 6.82. The van der Waals surface area contributed by atoms with Crippen LogP contribution in [-0.4, -0.2) is 21.1 Å². The molecule has 0 aliphatic carbocycles. The second-order valence-corrected chi connectivity index (χ2v) is 7.37. The molecule has 0 saturated heterocycles. The zero-order chi connectivity index (χ0) is 16.4. The summed E-state index contributed by atoms with van der Waals surface area (Å²) in [6.07, 6.45) is 1.47. The van der Waals surface area contributed by atoms with Crippen LogP contribution < -0.4 is 5.32 Å². The molecular weight excluding hydrogens is 357 g/mol. The van der Waals surface area contributed by atoms with E-state index >= 15 is 0 Å². The maximum atomic E-state index is 13.7. The van der Waals surface area contributed by atoms with Crippen molar-refractivity contribution in [1.29, 1.82) is 0 Å². The number of nitrogens with zero attached hydrogens (tertiary/aromatic N) is 2. The van der Waals surface area contributed by atoms with Crippen LogP contribution in [0.25, 0.3) is 10.2 Å². The number of nitrogens with one attached hydrogen (secondary N) is 1. The fourth-order valence-electron chi connectivity index (χ4n) is 1.90. The fourth-order valence-corrected chi connectivity index (χ4v) is 3.89. The molecule has 2 heterocycles. The van der Waals surface area contributed by atoms with E-state index in [2.05, 4.69) is 15.3 Å². The maximum absolute atomic E-state index is 13.7. The molecule has 1 aromatic carbocycles. The summed E-state index contributed by atoms with van der Waals surface area (Å²) in [6, 6.07) is 6.03. The van der Waals surface area contributed by atoms with Gasteiger partial charge in [0.15, 0.2) is 0 Å². The van der Waals surface area contributed by atoms with Crippen molar-refractivity contribution >= 4 is 56.5 Å². The predicted molar refractivity (Wildman–Crippen MR) is 92.8 cm³/mol. The fraction of sp³-hybridized carbons (Fsp3) is 0.133.